The van der Waals surface area contributed by atoms with Crippen molar-refractivity contribution >= 4 is 17.3 Å². The number of imidazole rings is 1. The van der Waals surface area contributed by atoms with Crippen LogP contribution in [0, 0.1) is 5.92 Å². The summed E-state index contributed by atoms with van der Waals surface area (Å²) in [4.78, 5) is 9.62. The topological polar surface area (TPSA) is 42.7 Å². The molecule has 0 aliphatic rings. The van der Waals surface area contributed by atoms with Crippen molar-refractivity contribution in [1.82, 2.24) is 14.5 Å². The van der Waals surface area contributed by atoms with E-state index in [1.807, 2.05) is 24.1 Å². The van der Waals surface area contributed by atoms with Crippen molar-refractivity contribution in [2.45, 2.75) is 20.4 Å². The number of nitrogens with zero attached hydrogens (tertiary/aromatic N) is 3. The predicted molar refractivity (Wildman–Crippen MR) is 66.8 cm³/mol. The van der Waals surface area contributed by atoms with E-state index in [1.165, 1.54) is 4.88 Å². The smallest absolute Gasteiger partial charge is 0.203 e. The number of hydrogen-bond acceptors (Lipinski definition) is 4. The Morgan fingerprint density at radius 3 is 3.06 bits per heavy atom. The Labute approximate surface area is 99.4 Å². The van der Waals surface area contributed by atoms with Gasteiger partial charge in [-0.15, -0.1) is 11.3 Å². The van der Waals surface area contributed by atoms with Crippen LogP contribution in [0.5, 0.6) is 0 Å². The first-order valence-electron chi connectivity index (χ1n) is 5.38. The Morgan fingerprint density at radius 2 is 2.38 bits per heavy atom. The first-order valence-corrected chi connectivity index (χ1v) is 6.26. The molecule has 86 valence electrons. The summed E-state index contributed by atoms with van der Waals surface area (Å²) in [5, 5.41) is 3.34. The Bertz CT molecular complexity index is 419. The number of hydrogen-bond donors (Lipinski definition) is 1. The zero-order chi connectivity index (χ0) is 11.4. The standard InChI is InChI=1S/C11H16N4S/c1-9(2)5-14-11-13-3-4-15(11)7-10-6-12-8-16-10/h3-4,6,8-9H,5,7H2,1-2H3,(H,13,14). The summed E-state index contributed by atoms with van der Waals surface area (Å²) in [6.07, 6.45) is 5.71. The van der Waals surface area contributed by atoms with Gasteiger partial charge in [-0.3, -0.25) is 4.98 Å². The second-order valence-electron chi connectivity index (χ2n) is 4.12. The van der Waals surface area contributed by atoms with Gasteiger partial charge in [-0.2, -0.15) is 0 Å². The molecule has 0 spiro atoms. The molecule has 2 aromatic heterocycles. The normalized spacial score (nSPS) is 10.9. The van der Waals surface area contributed by atoms with E-state index in [9.17, 15) is 0 Å². The molecule has 16 heavy (non-hydrogen) atoms. The van der Waals surface area contributed by atoms with Crippen molar-refractivity contribution in [2.24, 2.45) is 5.92 Å². The van der Waals surface area contributed by atoms with Crippen molar-refractivity contribution < 1.29 is 0 Å². The molecule has 0 aromatic carbocycles. The van der Waals surface area contributed by atoms with Crippen LogP contribution >= 0.6 is 11.3 Å². The van der Waals surface area contributed by atoms with Gasteiger partial charge in [0.05, 0.1) is 12.1 Å². The quantitative estimate of drug-likeness (QED) is 0.867. The molecule has 2 aromatic rings. The van der Waals surface area contributed by atoms with Gasteiger partial charge in [-0.05, 0) is 5.92 Å². The monoisotopic (exact) mass is 236 g/mol. The van der Waals surface area contributed by atoms with Gasteiger partial charge in [0.1, 0.15) is 0 Å². The third-order valence-electron chi connectivity index (χ3n) is 2.19. The molecular weight excluding hydrogens is 220 g/mol. The van der Waals surface area contributed by atoms with Gasteiger partial charge >= 0.3 is 0 Å². The van der Waals surface area contributed by atoms with Crippen LogP contribution in [0.25, 0.3) is 0 Å². The molecular formula is C11H16N4S. The Hall–Kier alpha value is -1.36. The minimum Gasteiger partial charge on any atom is -0.355 e. The van der Waals surface area contributed by atoms with E-state index in [0.29, 0.717) is 5.92 Å². The van der Waals surface area contributed by atoms with Crippen LogP contribution in [0.4, 0.5) is 5.95 Å². The van der Waals surface area contributed by atoms with Crippen molar-refractivity contribution in [3.05, 3.63) is 29.0 Å². The number of nitrogens with one attached hydrogen (secondary N) is 1. The molecule has 2 rings (SSSR count). The molecule has 0 fully saturated rings. The van der Waals surface area contributed by atoms with Crippen LogP contribution in [0.3, 0.4) is 0 Å². The maximum Gasteiger partial charge on any atom is 0.203 e. The van der Waals surface area contributed by atoms with Gasteiger partial charge in [0.15, 0.2) is 0 Å². The number of rotatable bonds is 5. The Kier molecular flexibility index (Phi) is 3.56. The number of aromatic nitrogens is 3. The zero-order valence-electron chi connectivity index (χ0n) is 9.55. The maximum atomic E-state index is 4.30. The predicted octanol–water partition coefficient (Wildman–Crippen LogP) is 2.46. The number of anilines is 1. The van der Waals surface area contributed by atoms with Gasteiger partial charge in [-0.1, -0.05) is 13.8 Å². The van der Waals surface area contributed by atoms with E-state index in [4.69, 9.17) is 0 Å². The van der Waals surface area contributed by atoms with Crippen molar-refractivity contribution in [2.75, 3.05) is 11.9 Å². The molecule has 0 saturated heterocycles. The van der Waals surface area contributed by atoms with Crippen LogP contribution in [0.2, 0.25) is 0 Å². The van der Waals surface area contributed by atoms with Crippen molar-refractivity contribution in [3.63, 3.8) is 0 Å². The fraction of sp³-hybridized carbons (Fsp3) is 0.455. The molecule has 0 aliphatic carbocycles. The lowest BCUT2D eigenvalue weighted by molar-refractivity contribution is 0.677. The van der Waals surface area contributed by atoms with Crippen molar-refractivity contribution in [1.29, 1.82) is 0 Å². The SMILES string of the molecule is CC(C)CNc1nccn1Cc1cncs1. The molecule has 0 amide bonds. The molecule has 0 radical (unpaired) electrons. The van der Waals surface area contributed by atoms with Crippen LogP contribution in [0.1, 0.15) is 18.7 Å². The molecule has 1 N–H and O–H groups in total. The highest BCUT2D eigenvalue weighted by Gasteiger charge is 2.04. The average molecular weight is 236 g/mol. The molecule has 5 heteroatoms. The highest BCUT2D eigenvalue weighted by atomic mass is 32.1. The van der Waals surface area contributed by atoms with Gasteiger partial charge in [0.25, 0.3) is 0 Å². The van der Waals surface area contributed by atoms with E-state index in [-0.39, 0.29) is 0 Å². The lowest BCUT2D eigenvalue weighted by Gasteiger charge is -2.10. The minimum absolute atomic E-state index is 0.619. The van der Waals surface area contributed by atoms with Crippen LogP contribution in [-0.2, 0) is 6.54 Å². The van der Waals surface area contributed by atoms with E-state index >= 15 is 0 Å². The molecule has 4 nitrogen and oxygen atoms in total. The highest BCUT2D eigenvalue weighted by Crippen LogP contribution is 2.12. The van der Waals surface area contributed by atoms with Gasteiger partial charge in [-0.25, -0.2) is 4.98 Å². The fourth-order valence-electron chi connectivity index (χ4n) is 1.39. The maximum absolute atomic E-state index is 4.30. The first-order chi connectivity index (χ1) is 7.75. The lowest BCUT2D eigenvalue weighted by Crippen LogP contribution is -2.12. The third kappa shape index (κ3) is 2.82. The second kappa shape index (κ2) is 5.12. The van der Waals surface area contributed by atoms with Gasteiger partial charge in [0.2, 0.25) is 5.95 Å². The lowest BCUT2D eigenvalue weighted by atomic mass is 10.2. The molecule has 0 aliphatic heterocycles. The summed E-state index contributed by atoms with van der Waals surface area (Å²) >= 11 is 1.67. The van der Waals surface area contributed by atoms with Crippen LogP contribution < -0.4 is 5.32 Å². The summed E-state index contributed by atoms with van der Waals surface area (Å²) in [5.41, 5.74) is 1.85. The van der Waals surface area contributed by atoms with E-state index in [2.05, 4.69) is 33.7 Å². The van der Waals surface area contributed by atoms with E-state index in [0.717, 1.165) is 19.0 Å². The molecule has 0 unspecified atom stereocenters. The Morgan fingerprint density at radius 1 is 1.50 bits per heavy atom. The summed E-state index contributed by atoms with van der Waals surface area (Å²) in [5.74, 6) is 1.55. The number of thiazole rings is 1. The van der Waals surface area contributed by atoms with E-state index in [1.54, 1.807) is 11.3 Å². The summed E-state index contributed by atoms with van der Waals surface area (Å²) in [6, 6.07) is 0. The molecule has 0 atom stereocenters. The van der Waals surface area contributed by atoms with Crippen LogP contribution in [0.15, 0.2) is 24.1 Å². The minimum atomic E-state index is 0.619. The van der Waals surface area contributed by atoms with Gasteiger partial charge < -0.3 is 9.88 Å². The van der Waals surface area contributed by atoms with E-state index < -0.39 is 0 Å². The van der Waals surface area contributed by atoms with Crippen LogP contribution in [-0.4, -0.2) is 21.1 Å². The summed E-state index contributed by atoms with van der Waals surface area (Å²) in [6.45, 7) is 6.15. The first kappa shape index (κ1) is 11.1. The Balaban J connectivity index is 2.01. The zero-order valence-corrected chi connectivity index (χ0v) is 10.4. The van der Waals surface area contributed by atoms with Gasteiger partial charge in [0, 0.05) is 30.0 Å². The molecule has 0 bridgehead atoms. The molecule has 0 saturated carbocycles. The second-order valence-corrected chi connectivity index (χ2v) is 5.09. The van der Waals surface area contributed by atoms with Crippen molar-refractivity contribution in [3.8, 4) is 0 Å². The fourth-order valence-corrected chi connectivity index (χ4v) is 1.98. The molecule has 2 heterocycles. The average Bonchev–Trinajstić information content (AvgIpc) is 2.87. The summed E-state index contributed by atoms with van der Waals surface area (Å²) < 4.78 is 2.11. The largest absolute Gasteiger partial charge is 0.355 e. The summed E-state index contributed by atoms with van der Waals surface area (Å²) in [7, 11) is 0. The third-order valence-corrected chi connectivity index (χ3v) is 2.96. The highest BCUT2D eigenvalue weighted by molar-refractivity contribution is 7.09.